The molecule has 0 saturated heterocycles. The number of hydrogen-bond donors (Lipinski definition) is 0. The minimum absolute atomic E-state index is 0.0135. The average molecular weight is 272 g/mol. The van der Waals surface area contributed by atoms with Crippen LogP contribution in [-0.4, -0.2) is 21.2 Å². The summed E-state index contributed by atoms with van der Waals surface area (Å²) in [6.45, 7) is 5.94. The summed E-state index contributed by atoms with van der Waals surface area (Å²) >= 11 is 0. The van der Waals surface area contributed by atoms with Crippen molar-refractivity contribution in [3.05, 3.63) is 39.9 Å². The van der Waals surface area contributed by atoms with Crippen LogP contribution < -0.4 is 0 Å². The Labute approximate surface area is 117 Å². The lowest BCUT2D eigenvalue weighted by molar-refractivity contribution is -0.384. The van der Waals surface area contributed by atoms with Crippen molar-refractivity contribution < 1.29 is 4.92 Å². The molecule has 1 atom stereocenters. The summed E-state index contributed by atoms with van der Waals surface area (Å²) in [7, 11) is 0. The lowest BCUT2D eigenvalue weighted by atomic mass is 9.96. The van der Waals surface area contributed by atoms with E-state index in [0.717, 1.165) is 12.1 Å². The first-order valence-electron chi connectivity index (χ1n) is 6.32. The van der Waals surface area contributed by atoms with E-state index in [2.05, 4.69) is 11.2 Å². The fraction of sp³-hybridized carbons (Fsp3) is 0.429. The summed E-state index contributed by atoms with van der Waals surface area (Å²) in [4.78, 5) is 10.4. The van der Waals surface area contributed by atoms with Gasteiger partial charge in [-0.3, -0.25) is 15.1 Å². The third-order valence-corrected chi connectivity index (χ3v) is 3.35. The highest BCUT2D eigenvalue weighted by Crippen LogP contribution is 2.35. The van der Waals surface area contributed by atoms with Crippen LogP contribution in [0.3, 0.4) is 0 Å². The lowest BCUT2D eigenvalue weighted by Crippen LogP contribution is -2.38. The number of nitro benzene ring substituents is 1. The molecular formula is C14H16N4O2. The van der Waals surface area contributed by atoms with Crippen LogP contribution >= 0.6 is 0 Å². The molecule has 0 radical (unpaired) electrons. The first-order valence-corrected chi connectivity index (χ1v) is 6.32. The molecule has 0 fully saturated rings. The molecule has 1 aromatic rings. The van der Waals surface area contributed by atoms with Crippen LogP contribution in [0.1, 0.15) is 38.8 Å². The Balaban J connectivity index is 2.41. The molecule has 0 saturated carbocycles. The standard InChI is InChI=1S/C14H16N4O2/c1-10-8-14(2,3)17(16-10)13(9-15)11-5-4-6-12(7-11)18(19)20/h4-7,13H,8H2,1-3H3/t13-/m0/s1. The number of nitro groups is 1. The molecule has 6 nitrogen and oxygen atoms in total. The van der Waals surface area contributed by atoms with Crippen molar-refractivity contribution in [3.63, 3.8) is 0 Å². The minimum atomic E-state index is -0.623. The van der Waals surface area contributed by atoms with Gasteiger partial charge < -0.3 is 0 Å². The highest BCUT2D eigenvalue weighted by Gasteiger charge is 2.38. The normalized spacial score (nSPS) is 18.3. The van der Waals surface area contributed by atoms with Gasteiger partial charge in [0.15, 0.2) is 6.04 Å². The third-order valence-electron chi connectivity index (χ3n) is 3.35. The van der Waals surface area contributed by atoms with Crippen LogP contribution in [0.15, 0.2) is 29.4 Å². The number of nitriles is 1. The van der Waals surface area contributed by atoms with E-state index < -0.39 is 11.0 Å². The Morgan fingerprint density at radius 1 is 1.55 bits per heavy atom. The van der Waals surface area contributed by atoms with Gasteiger partial charge in [0.05, 0.1) is 16.5 Å². The second-order valence-electron chi connectivity index (χ2n) is 5.55. The van der Waals surface area contributed by atoms with Crippen LogP contribution in [-0.2, 0) is 0 Å². The van der Waals surface area contributed by atoms with Crippen LogP contribution in [0, 0.1) is 21.4 Å². The van der Waals surface area contributed by atoms with E-state index in [1.54, 1.807) is 17.1 Å². The molecule has 0 aliphatic carbocycles. The van der Waals surface area contributed by atoms with E-state index in [1.807, 2.05) is 20.8 Å². The molecule has 20 heavy (non-hydrogen) atoms. The topological polar surface area (TPSA) is 82.5 Å². The summed E-state index contributed by atoms with van der Waals surface area (Å²) in [5.74, 6) is 0. The number of rotatable bonds is 3. The molecule has 2 rings (SSSR count). The summed E-state index contributed by atoms with van der Waals surface area (Å²) in [5.41, 5.74) is 1.27. The van der Waals surface area contributed by atoms with E-state index in [1.165, 1.54) is 12.1 Å². The monoisotopic (exact) mass is 272 g/mol. The maximum absolute atomic E-state index is 10.8. The van der Waals surface area contributed by atoms with Gasteiger partial charge in [-0.25, -0.2) is 0 Å². The van der Waals surface area contributed by atoms with Gasteiger partial charge in [0.1, 0.15) is 0 Å². The SMILES string of the molecule is CC1=NN([C@@H](C#N)c2cccc([N+](=O)[O-])c2)C(C)(C)C1. The molecule has 0 unspecified atom stereocenters. The van der Waals surface area contributed by atoms with E-state index >= 15 is 0 Å². The fourth-order valence-electron chi connectivity index (χ4n) is 2.55. The quantitative estimate of drug-likeness (QED) is 0.625. The zero-order valence-corrected chi connectivity index (χ0v) is 11.7. The molecular weight excluding hydrogens is 256 g/mol. The van der Waals surface area contributed by atoms with Crippen LogP contribution in [0.5, 0.6) is 0 Å². The van der Waals surface area contributed by atoms with Gasteiger partial charge in [0.2, 0.25) is 0 Å². The largest absolute Gasteiger partial charge is 0.269 e. The second kappa shape index (κ2) is 4.93. The molecule has 0 bridgehead atoms. The van der Waals surface area contributed by atoms with Gasteiger partial charge in [0.25, 0.3) is 5.69 Å². The molecule has 1 aliphatic rings. The molecule has 0 aromatic heterocycles. The summed E-state index contributed by atoms with van der Waals surface area (Å²) in [6, 6.07) is 7.75. The predicted molar refractivity (Wildman–Crippen MR) is 75.1 cm³/mol. The highest BCUT2D eigenvalue weighted by molar-refractivity contribution is 5.84. The number of benzene rings is 1. The lowest BCUT2D eigenvalue weighted by Gasteiger charge is -2.34. The Morgan fingerprint density at radius 3 is 2.75 bits per heavy atom. The van der Waals surface area contributed by atoms with Crippen molar-refractivity contribution >= 4 is 11.4 Å². The molecule has 1 aromatic carbocycles. The predicted octanol–water partition coefficient (Wildman–Crippen LogP) is 3.02. The van der Waals surface area contributed by atoms with Crippen LogP contribution in [0.25, 0.3) is 0 Å². The first-order chi connectivity index (χ1) is 9.35. The van der Waals surface area contributed by atoms with Crippen molar-refractivity contribution in [1.82, 2.24) is 5.01 Å². The Morgan fingerprint density at radius 2 is 2.25 bits per heavy atom. The number of nitrogens with zero attached hydrogens (tertiary/aromatic N) is 4. The average Bonchev–Trinajstić information content (AvgIpc) is 2.64. The summed E-state index contributed by atoms with van der Waals surface area (Å²) in [6.07, 6.45) is 0.778. The smallest absolute Gasteiger partial charge is 0.269 e. The summed E-state index contributed by atoms with van der Waals surface area (Å²) < 4.78 is 0. The Bertz CT molecular complexity index is 616. The van der Waals surface area contributed by atoms with Crippen molar-refractivity contribution in [2.75, 3.05) is 0 Å². The highest BCUT2D eigenvalue weighted by atomic mass is 16.6. The number of hydrogen-bond acceptors (Lipinski definition) is 5. The van der Waals surface area contributed by atoms with Crippen molar-refractivity contribution in [2.24, 2.45) is 5.10 Å². The molecule has 0 spiro atoms. The molecule has 0 amide bonds. The van der Waals surface area contributed by atoms with Gasteiger partial charge in [-0.2, -0.15) is 10.4 Å². The van der Waals surface area contributed by atoms with Gasteiger partial charge in [-0.1, -0.05) is 12.1 Å². The number of non-ortho nitro benzene ring substituents is 1. The molecule has 1 aliphatic heterocycles. The third kappa shape index (κ3) is 2.48. The first kappa shape index (κ1) is 14.0. The zero-order chi connectivity index (χ0) is 14.9. The molecule has 104 valence electrons. The van der Waals surface area contributed by atoms with E-state index in [4.69, 9.17) is 0 Å². The number of hydrazone groups is 1. The Kier molecular flexibility index (Phi) is 3.45. The van der Waals surface area contributed by atoms with Gasteiger partial charge >= 0.3 is 0 Å². The van der Waals surface area contributed by atoms with Gasteiger partial charge in [-0.15, -0.1) is 0 Å². The molecule has 6 heteroatoms. The van der Waals surface area contributed by atoms with Crippen molar-refractivity contribution in [1.29, 1.82) is 5.26 Å². The van der Waals surface area contributed by atoms with E-state index in [-0.39, 0.29) is 11.2 Å². The fourth-order valence-corrected chi connectivity index (χ4v) is 2.55. The van der Waals surface area contributed by atoms with Crippen molar-refractivity contribution in [2.45, 2.75) is 38.8 Å². The minimum Gasteiger partial charge on any atom is -0.269 e. The maximum Gasteiger partial charge on any atom is 0.269 e. The van der Waals surface area contributed by atoms with Crippen molar-refractivity contribution in [3.8, 4) is 6.07 Å². The summed E-state index contributed by atoms with van der Waals surface area (Å²) in [5, 5.41) is 26.5. The van der Waals surface area contributed by atoms with E-state index in [9.17, 15) is 15.4 Å². The molecule has 0 N–H and O–H groups in total. The second-order valence-corrected chi connectivity index (χ2v) is 5.55. The molecule has 1 heterocycles. The van der Waals surface area contributed by atoms with Gasteiger partial charge in [0, 0.05) is 24.3 Å². The zero-order valence-electron chi connectivity index (χ0n) is 11.7. The maximum atomic E-state index is 10.8. The van der Waals surface area contributed by atoms with Gasteiger partial charge in [-0.05, 0) is 26.3 Å². The van der Waals surface area contributed by atoms with Crippen LogP contribution in [0.4, 0.5) is 5.69 Å². The van der Waals surface area contributed by atoms with E-state index in [0.29, 0.717) is 5.56 Å². The Hall–Kier alpha value is -2.42. The van der Waals surface area contributed by atoms with Crippen LogP contribution in [0.2, 0.25) is 0 Å².